The molecule has 5 heteroatoms. The van der Waals surface area contributed by atoms with Crippen LogP contribution in [0.5, 0.6) is 5.75 Å². The number of hydrogen-bond acceptors (Lipinski definition) is 4. The molecule has 0 saturated carbocycles. The number of amides is 1. The summed E-state index contributed by atoms with van der Waals surface area (Å²) in [7, 11) is 1.65. The van der Waals surface area contributed by atoms with Crippen LogP contribution in [0.4, 0.5) is 0 Å². The zero-order valence-corrected chi connectivity index (χ0v) is 17.6. The zero-order valence-electron chi connectivity index (χ0n) is 17.6. The molecule has 29 heavy (non-hydrogen) atoms. The van der Waals surface area contributed by atoms with E-state index in [1.54, 1.807) is 7.11 Å². The van der Waals surface area contributed by atoms with Crippen molar-refractivity contribution in [3.63, 3.8) is 0 Å². The normalized spacial score (nSPS) is 14.8. The van der Waals surface area contributed by atoms with Crippen molar-refractivity contribution in [2.45, 2.75) is 32.9 Å². The lowest BCUT2D eigenvalue weighted by Crippen LogP contribution is -2.48. The summed E-state index contributed by atoms with van der Waals surface area (Å²) in [5.74, 6) is 0.854. The highest BCUT2D eigenvalue weighted by Gasteiger charge is 2.23. The third-order valence-electron chi connectivity index (χ3n) is 5.34. The van der Waals surface area contributed by atoms with Crippen LogP contribution in [0.25, 0.3) is 0 Å². The van der Waals surface area contributed by atoms with Gasteiger partial charge in [-0.1, -0.05) is 43.7 Å². The lowest BCUT2D eigenvalue weighted by molar-refractivity contribution is 0.0628. The van der Waals surface area contributed by atoms with Crippen LogP contribution >= 0.6 is 0 Å². The highest BCUT2D eigenvalue weighted by molar-refractivity contribution is 5.94. The Hall–Kier alpha value is -2.37. The van der Waals surface area contributed by atoms with Crippen molar-refractivity contribution < 1.29 is 14.3 Å². The van der Waals surface area contributed by atoms with E-state index in [9.17, 15) is 4.79 Å². The van der Waals surface area contributed by atoms with Crippen molar-refractivity contribution in [2.75, 3.05) is 39.9 Å². The Balaban J connectivity index is 1.57. The van der Waals surface area contributed by atoms with Gasteiger partial charge in [-0.25, -0.2) is 0 Å². The van der Waals surface area contributed by atoms with E-state index in [4.69, 9.17) is 9.47 Å². The molecule has 1 amide bonds. The smallest absolute Gasteiger partial charge is 0.253 e. The van der Waals surface area contributed by atoms with Crippen LogP contribution in [0.3, 0.4) is 0 Å². The topological polar surface area (TPSA) is 42.0 Å². The van der Waals surface area contributed by atoms with Crippen LogP contribution in [-0.2, 0) is 17.9 Å². The molecule has 0 aliphatic carbocycles. The number of benzene rings is 2. The Morgan fingerprint density at radius 3 is 2.48 bits per heavy atom. The van der Waals surface area contributed by atoms with Gasteiger partial charge in [-0.15, -0.1) is 0 Å². The number of unbranched alkanes of at least 4 members (excludes halogenated alkanes) is 1. The average molecular weight is 397 g/mol. The van der Waals surface area contributed by atoms with Crippen LogP contribution in [0.1, 0.15) is 41.3 Å². The van der Waals surface area contributed by atoms with Crippen LogP contribution in [0.2, 0.25) is 0 Å². The van der Waals surface area contributed by atoms with Crippen LogP contribution in [0.15, 0.2) is 48.5 Å². The largest absolute Gasteiger partial charge is 0.496 e. The Kier molecular flexibility index (Phi) is 8.08. The van der Waals surface area contributed by atoms with Gasteiger partial charge in [0.15, 0.2) is 0 Å². The van der Waals surface area contributed by atoms with Crippen molar-refractivity contribution in [1.82, 2.24) is 9.80 Å². The fourth-order valence-corrected chi connectivity index (χ4v) is 3.59. The zero-order chi connectivity index (χ0) is 20.5. The Bertz CT molecular complexity index is 771. The maximum atomic E-state index is 13.0. The number of rotatable bonds is 9. The van der Waals surface area contributed by atoms with Gasteiger partial charge in [0.25, 0.3) is 5.91 Å². The first kappa shape index (κ1) is 21.3. The number of piperazine rings is 1. The fraction of sp³-hybridized carbons (Fsp3) is 0.458. The molecule has 1 heterocycles. The number of nitrogens with zero attached hydrogens (tertiary/aromatic N) is 2. The highest BCUT2D eigenvalue weighted by atomic mass is 16.5. The van der Waals surface area contributed by atoms with Gasteiger partial charge in [0, 0.05) is 50.5 Å². The molecule has 0 aromatic heterocycles. The second-order valence-electron chi connectivity index (χ2n) is 7.49. The number of methoxy groups -OCH3 is 1. The van der Waals surface area contributed by atoms with Crippen molar-refractivity contribution in [3.05, 3.63) is 65.2 Å². The number of ether oxygens (including phenoxy) is 2. The first-order valence-corrected chi connectivity index (χ1v) is 10.5. The SMILES string of the molecule is CCCCOCc1cc(C(=O)N2CCN(Cc3ccccc3)CC2)ccc1OC. The summed E-state index contributed by atoms with van der Waals surface area (Å²) >= 11 is 0. The highest BCUT2D eigenvalue weighted by Crippen LogP contribution is 2.22. The van der Waals surface area contributed by atoms with Crippen LogP contribution in [0, 0.1) is 0 Å². The fourth-order valence-electron chi connectivity index (χ4n) is 3.59. The molecule has 0 atom stereocenters. The molecule has 0 radical (unpaired) electrons. The minimum absolute atomic E-state index is 0.0850. The third kappa shape index (κ3) is 6.05. The minimum atomic E-state index is 0.0850. The molecule has 1 saturated heterocycles. The van der Waals surface area contributed by atoms with Gasteiger partial charge in [0.05, 0.1) is 13.7 Å². The maximum absolute atomic E-state index is 13.0. The summed E-state index contributed by atoms with van der Waals surface area (Å²) in [6.45, 7) is 7.55. The average Bonchev–Trinajstić information content (AvgIpc) is 2.77. The molecular formula is C24H32N2O3. The second kappa shape index (κ2) is 11.0. The van der Waals surface area contributed by atoms with Crippen molar-refractivity contribution >= 4 is 5.91 Å². The summed E-state index contributed by atoms with van der Waals surface area (Å²) in [5.41, 5.74) is 2.95. The number of hydrogen-bond donors (Lipinski definition) is 0. The van der Waals surface area contributed by atoms with Gasteiger partial charge < -0.3 is 14.4 Å². The van der Waals surface area contributed by atoms with Gasteiger partial charge in [-0.3, -0.25) is 9.69 Å². The van der Waals surface area contributed by atoms with Gasteiger partial charge >= 0.3 is 0 Å². The molecule has 2 aromatic carbocycles. The van der Waals surface area contributed by atoms with Crippen molar-refractivity contribution in [1.29, 1.82) is 0 Å². The number of carbonyl (C=O) groups excluding carboxylic acids is 1. The van der Waals surface area contributed by atoms with Crippen molar-refractivity contribution in [3.8, 4) is 5.75 Å². The summed E-state index contributed by atoms with van der Waals surface area (Å²) in [4.78, 5) is 17.4. The first-order chi connectivity index (χ1) is 14.2. The molecule has 1 aliphatic rings. The molecule has 2 aromatic rings. The van der Waals surface area contributed by atoms with E-state index in [1.807, 2.05) is 29.2 Å². The van der Waals surface area contributed by atoms with E-state index in [2.05, 4.69) is 36.1 Å². The Labute approximate surface area is 174 Å². The lowest BCUT2D eigenvalue weighted by Gasteiger charge is -2.35. The minimum Gasteiger partial charge on any atom is -0.496 e. The van der Waals surface area contributed by atoms with Crippen LogP contribution in [-0.4, -0.2) is 55.6 Å². The Morgan fingerprint density at radius 2 is 1.79 bits per heavy atom. The van der Waals surface area contributed by atoms with E-state index < -0.39 is 0 Å². The third-order valence-corrected chi connectivity index (χ3v) is 5.34. The lowest BCUT2D eigenvalue weighted by atomic mass is 10.1. The molecule has 5 nitrogen and oxygen atoms in total. The predicted octanol–water partition coefficient (Wildman–Crippen LogP) is 3.97. The van der Waals surface area contributed by atoms with E-state index in [0.717, 1.165) is 63.5 Å². The van der Waals surface area contributed by atoms with E-state index in [-0.39, 0.29) is 5.91 Å². The van der Waals surface area contributed by atoms with E-state index in [0.29, 0.717) is 12.2 Å². The Morgan fingerprint density at radius 1 is 1.03 bits per heavy atom. The number of carbonyl (C=O) groups is 1. The van der Waals surface area contributed by atoms with Gasteiger partial charge in [-0.2, -0.15) is 0 Å². The monoisotopic (exact) mass is 396 g/mol. The molecule has 0 unspecified atom stereocenters. The standard InChI is InChI=1S/C24H32N2O3/c1-3-4-16-29-19-22-17-21(10-11-23(22)28-2)24(27)26-14-12-25(13-15-26)18-20-8-6-5-7-9-20/h5-11,17H,3-4,12-16,18-19H2,1-2H3. The second-order valence-corrected chi connectivity index (χ2v) is 7.49. The van der Waals surface area contributed by atoms with E-state index in [1.165, 1.54) is 5.56 Å². The first-order valence-electron chi connectivity index (χ1n) is 10.5. The van der Waals surface area contributed by atoms with Crippen LogP contribution < -0.4 is 4.74 Å². The molecular weight excluding hydrogens is 364 g/mol. The maximum Gasteiger partial charge on any atom is 0.253 e. The molecule has 0 N–H and O–H groups in total. The summed E-state index contributed by atoms with van der Waals surface area (Å²) < 4.78 is 11.2. The summed E-state index contributed by atoms with van der Waals surface area (Å²) in [5, 5.41) is 0. The van der Waals surface area contributed by atoms with E-state index >= 15 is 0 Å². The summed E-state index contributed by atoms with van der Waals surface area (Å²) in [6.07, 6.45) is 2.14. The quantitative estimate of drug-likeness (QED) is 0.602. The molecule has 0 spiro atoms. The predicted molar refractivity (Wildman–Crippen MR) is 115 cm³/mol. The summed E-state index contributed by atoms with van der Waals surface area (Å²) in [6, 6.07) is 16.1. The van der Waals surface area contributed by atoms with Gasteiger partial charge in [0.2, 0.25) is 0 Å². The molecule has 0 bridgehead atoms. The van der Waals surface area contributed by atoms with Gasteiger partial charge in [-0.05, 0) is 30.2 Å². The molecule has 156 valence electrons. The molecule has 3 rings (SSSR count). The molecule has 1 fully saturated rings. The van der Waals surface area contributed by atoms with Crippen molar-refractivity contribution in [2.24, 2.45) is 0 Å². The van der Waals surface area contributed by atoms with Gasteiger partial charge in [0.1, 0.15) is 5.75 Å². The molecule has 1 aliphatic heterocycles.